The molecule has 1 heterocycles. The largest absolute Gasteiger partial charge is 0.497 e. The van der Waals surface area contributed by atoms with Crippen LogP contribution in [0.15, 0.2) is 18.2 Å². The van der Waals surface area contributed by atoms with Crippen LogP contribution >= 0.6 is 24.0 Å². The summed E-state index contributed by atoms with van der Waals surface area (Å²) < 4.78 is 10.6. The Morgan fingerprint density at radius 3 is 2.86 bits per heavy atom. The van der Waals surface area contributed by atoms with Crippen molar-refractivity contribution in [3.05, 3.63) is 28.8 Å². The Morgan fingerprint density at radius 2 is 2.27 bits per heavy atom. The number of hydrogen-bond acceptors (Lipinski definition) is 4. The van der Waals surface area contributed by atoms with Crippen LogP contribution in [0.1, 0.15) is 18.4 Å². The summed E-state index contributed by atoms with van der Waals surface area (Å²) in [5, 5.41) is 3.52. The van der Waals surface area contributed by atoms with Crippen LogP contribution in [-0.2, 0) is 16.0 Å². The molecular weight excluding hydrogens is 327 g/mol. The summed E-state index contributed by atoms with van der Waals surface area (Å²) in [4.78, 5) is 12.0. The van der Waals surface area contributed by atoms with Gasteiger partial charge in [0.25, 0.3) is 0 Å². The average molecular weight is 349 g/mol. The number of methoxy groups -OCH3 is 1. The molecule has 7 heteroatoms. The van der Waals surface area contributed by atoms with Crippen molar-refractivity contribution in [1.82, 2.24) is 5.32 Å². The summed E-state index contributed by atoms with van der Waals surface area (Å²) in [5.74, 6) is 0.649. The fourth-order valence-corrected chi connectivity index (χ4v) is 2.63. The Bertz CT molecular complexity index is 500. The third kappa shape index (κ3) is 5.02. The van der Waals surface area contributed by atoms with Gasteiger partial charge in [-0.25, -0.2) is 0 Å². The van der Waals surface area contributed by atoms with E-state index in [9.17, 15) is 4.79 Å². The van der Waals surface area contributed by atoms with Gasteiger partial charge in [0.05, 0.1) is 13.2 Å². The van der Waals surface area contributed by atoms with E-state index in [1.54, 1.807) is 13.2 Å². The summed E-state index contributed by atoms with van der Waals surface area (Å²) in [6.07, 6.45) is 1.89. The van der Waals surface area contributed by atoms with Crippen molar-refractivity contribution in [2.45, 2.75) is 31.5 Å². The Hall–Kier alpha value is -1.01. The van der Waals surface area contributed by atoms with Gasteiger partial charge in [0.1, 0.15) is 11.9 Å². The maximum absolute atomic E-state index is 12.0. The minimum absolute atomic E-state index is 0. The zero-order chi connectivity index (χ0) is 15.2. The first-order valence-corrected chi connectivity index (χ1v) is 7.47. The summed E-state index contributed by atoms with van der Waals surface area (Å²) in [6.45, 7) is 0.989. The van der Waals surface area contributed by atoms with E-state index in [2.05, 4.69) is 5.32 Å². The second-order valence-corrected chi connectivity index (χ2v) is 5.47. The molecule has 1 aromatic carbocycles. The number of rotatable bonds is 6. The number of benzene rings is 1. The van der Waals surface area contributed by atoms with E-state index in [1.807, 2.05) is 12.1 Å². The van der Waals surface area contributed by atoms with Crippen molar-refractivity contribution in [3.63, 3.8) is 0 Å². The van der Waals surface area contributed by atoms with Gasteiger partial charge in [0.15, 0.2) is 0 Å². The molecule has 22 heavy (non-hydrogen) atoms. The molecule has 1 aliphatic rings. The monoisotopic (exact) mass is 348 g/mol. The number of carbonyl (C=O) groups is 1. The van der Waals surface area contributed by atoms with E-state index >= 15 is 0 Å². The molecule has 0 unspecified atom stereocenters. The zero-order valence-electron chi connectivity index (χ0n) is 12.5. The van der Waals surface area contributed by atoms with Gasteiger partial charge in [0.2, 0.25) is 5.91 Å². The molecule has 2 atom stereocenters. The smallest absolute Gasteiger partial charge is 0.249 e. The van der Waals surface area contributed by atoms with Gasteiger partial charge in [-0.1, -0.05) is 17.7 Å². The van der Waals surface area contributed by atoms with Gasteiger partial charge >= 0.3 is 0 Å². The van der Waals surface area contributed by atoms with Crippen LogP contribution in [-0.4, -0.2) is 38.3 Å². The lowest BCUT2D eigenvalue weighted by atomic mass is 10.1. The van der Waals surface area contributed by atoms with Crippen LogP contribution in [0, 0.1) is 0 Å². The highest BCUT2D eigenvalue weighted by Crippen LogP contribution is 2.22. The third-order valence-corrected chi connectivity index (χ3v) is 3.97. The molecule has 0 radical (unpaired) electrons. The molecule has 0 bridgehead atoms. The molecule has 0 spiro atoms. The average Bonchev–Trinajstić information content (AvgIpc) is 2.97. The molecule has 124 valence electrons. The summed E-state index contributed by atoms with van der Waals surface area (Å²) in [5.41, 5.74) is 6.51. The lowest BCUT2D eigenvalue weighted by Gasteiger charge is -2.13. The van der Waals surface area contributed by atoms with Crippen molar-refractivity contribution in [1.29, 1.82) is 0 Å². The van der Waals surface area contributed by atoms with Crippen LogP contribution < -0.4 is 15.8 Å². The molecule has 0 aliphatic carbocycles. The molecule has 1 amide bonds. The van der Waals surface area contributed by atoms with E-state index < -0.39 is 0 Å². The molecule has 1 aromatic rings. The van der Waals surface area contributed by atoms with Gasteiger partial charge in [-0.15, -0.1) is 12.4 Å². The second-order valence-electron chi connectivity index (χ2n) is 5.06. The van der Waals surface area contributed by atoms with Gasteiger partial charge in [-0.2, -0.15) is 0 Å². The minimum Gasteiger partial charge on any atom is -0.497 e. The lowest BCUT2D eigenvalue weighted by molar-refractivity contribution is -0.131. The van der Waals surface area contributed by atoms with Crippen molar-refractivity contribution in [2.24, 2.45) is 5.73 Å². The molecule has 2 rings (SSSR count). The van der Waals surface area contributed by atoms with E-state index in [0.717, 1.165) is 24.2 Å². The first-order valence-electron chi connectivity index (χ1n) is 7.09. The minimum atomic E-state index is -0.370. The first-order chi connectivity index (χ1) is 10.1. The Morgan fingerprint density at radius 1 is 1.50 bits per heavy atom. The summed E-state index contributed by atoms with van der Waals surface area (Å²) in [7, 11) is 1.60. The first kappa shape index (κ1) is 19.0. The molecule has 3 N–H and O–H groups in total. The highest BCUT2D eigenvalue weighted by Gasteiger charge is 2.29. The summed E-state index contributed by atoms with van der Waals surface area (Å²) >= 11 is 6.16. The fourth-order valence-electron chi connectivity index (χ4n) is 2.36. The zero-order valence-corrected chi connectivity index (χ0v) is 14.1. The van der Waals surface area contributed by atoms with Crippen LogP contribution in [0.25, 0.3) is 0 Å². The van der Waals surface area contributed by atoms with Gasteiger partial charge in [0, 0.05) is 18.1 Å². The van der Waals surface area contributed by atoms with Crippen LogP contribution in [0.5, 0.6) is 5.75 Å². The molecule has 1 fully saturated rings. The van der Waals surface area contributed by atoms with Gasteiger partial charge in [-0.05, 0) is 37.0 Å². The topological polar surface area (TPSA) is 73.6 Å². The highest BCUT2D eigenvalue weighted by atomic mass is 35.5. The Labute approximate surface area is 141 Å². The van der Waals surface area contributed by atoms with Crippen LogP contribution in [0.4, 0.5) is 0 Å². The maximum Gasteiger partial charge on any atom is 0.249 e. The van der Waals surface area contributed by atoms with Gasteiger partial charge < -0.3 is 20.5 Å². The molecule has 0 aromatic heterocycles. The molecule has 1 saturated heterocycles. The number of ether oxygens (including phenoxy) is 2. The van der Waals surface area contributed by atoms with Crippen LogP contribution in [0.2, 0.25) is 5.02 Å². The Balaban J connectivity index is 0.00000242. The number of nitrogens with one attached hydrogen (secondary N) is 1. The van der Waals surface area contributed by atoms with Crippen molar-refractivity contribution in [2.75, 3.05) is 20.2 Å². The highest BCUT2D eigenvalue weighted by molar-refractivity contribution is 6.31. The number of nitrogens with two attached hydrogens (primary N) is 1. The number of carbonyl (C=O) groups excluding carboxylic acids is 1. The van der Waals surface area contributed by atoms with Crippen molar-refractivity contribution in [3.8, 4) is 5.75 Å². The van der Waals surface area contributed by atoms with E-state index in [-0.39, 0.29) is 30.5 Å². The van der Waals surface area contributed by atoms with Crippen LogP contribution in [0.3, 0.4) is 0 Å². The van der Waals surface area contributed by atoms with E-state index in [4.69, 9.17) is 26.8 Å². The van der Waals surface area contributed by atoms with E-state index in [0.29, 0.717) is 24.5 Å². The van der Waals surface area contributed by atoms with Gasteiger partial charge in [-0.3, -0.25) is 4.79 Å². The fraction of sp³-hybridized carbons (Fsp3) is 0.533. The third-order valence-electron chi connectivity index (χ3n) is 3.62. The predicted octanol–water partition coefficient (Wildman–Crippen LogP) is 1.94. The number of hydrogen-bond donors (Lipinski definition) is 2. The molecule has 5 nitrogen and oxygen atoms in total. The number of amides is 1. The molecule has 1 aliphatic heterocycles. The van der Waals surface area contributed by atoms with Crippen molar-refractivity contribution >= 4 is 29.9 Å². The number of halogens is 2. The van der Waals surface area contributed by atoms with Crippen molar-refractivity contribution < 1.29 is 14.3 Å². The molecule has 0 saturated carbocycles. The SMILES string of the molecule is COc1ccc(CCNC(=O)[C@@H]2CC[C@H](CN)O2)c(Cl)c1.Cl. The second kappa shape index (κ2) is 9.20. The summed E-state index contributed by atoms with van der Waals surface area (Å²) in [6, 6.07) is 5.53. The Kier molecular flexibility index (Phi) is 7.96. The standard InChI is InChI=1S/C15H21ClN2O3.ClH/c1-20-11-3-2-10(13(16)8-11)6-7-18-15(19)14-5-4-12(9-17)21-14;/h2-3,8,12,14H,4-7,9,17H2,1H3,(H,18,19);1H/t12-,14+;/m1./s1. The predicted molar refractivity (Wildman–Crippen MR) is 88.9 cm³/mol. The lowest BCUT2D eigenvalue weighted by Crippen LogP contribution is -2.36. The maximum atomic E-state index is 12.0. The molecular formula is C15H22Cl2N2O3. The van der Waals surface area contributed by atoms with E-state index in [1.165, 1.54) is 0 Å². The normalized spacial score (nSPS) is 20.3. The quantitative estimate of drug-likeness (QED) is 0.823.